The maximum Gasteiger partial charge on any atom is 0.413 e. The number of hydrogen-bond acceptors (Lipinski definition) is 5. The minimum atomic E-state index is -4.59. The topological polar surface area (TPSA) is 61.4 Å². The summed E-state index contributed by atoms with van der Waals surface area (Å²) in [7, 11) is 3.22. The molecule has 1 atom stereocenters. The van der Waals surface area contributed by atoms with Crippen LogP contribution in [0.1, 0.15) is 48.8 Å². The Morgan fingerprint density at radius 3 is 2.42 bits per heavy atom. The van der Waals surface area contributed by atoms with Gasteiger partial charge in [-0.15, -0.1) is 0 Å². The Labute approximate surface area is 208 Å². The highest BCUT2D eigenvalue weighted by Crippen LogP contribution is 2.46. The van der Waals surface area contributed by atoms with Gasteiger partial charge in [0.1, 0.15) is 0 Å². The fourth-order valence-corrected chi connectivity index (χ4v) is 5.13. The number of nitrogens with one attached hydrogen (secondary N) is 1. The number of fused-ring (bicyclic) bond motifs is 1. The van der Waals surface area contributed by atoms with Crippen LogP contribution in [0.25, 0.3) is 11.0 Å². The molecule has 9 heteroatoms. The molecule has 1 saturated carbocycles. The lowest BCUT2D eigenvalue weighted by molar-refractivity contribution is -0.191. The summed E-state index contributed by atoms with van der Waals surface area (Å²) in [4.78, 5) is 25.0. The molecule has 1 aliphatic carbocycles. The lowest BCUT2D eigenvalue weighted by Gasteiger charge is -2.35. The maximum atomic E-state index is 14.2. The molecule has 1 aliphatic heterocycles. The Morgan fingerprint density at radius 2 is 1.78 bits per heavy atom. The summed E-state index contributed by atoms with van der Waals surface area (Å²) in [6.07, 6.45) is 2.23. The maximum absolute atomic E-state index is 14.2. The Balaban J connectivity index is 1.38. The molecule has 1 N–H and O–H groups in total. The average molecular weight is 498 g/mol. The molecule has 2 fully saturated rings. The number of benzene rings is 1. The molecular weight excluding hydrogens is 467 g/mol. The fourth-order valence-electron chi connectivity index (χ4n) is 5.13. The number of amides is 1. The van der Waals surface area contributed by atoms with E-state index in [4.69, 9.17) is 0 Å². The first-order valence-electron chi connectivity index (χ1n) is 12.3. The van der Waals surface area contributed by atoms with Crippen molar-refractivity contribution in [2.45, 2.75) is 43.8 Å². The number of aromatic nitrogens is 2. The van der Waals surface area contributed by atoms with Crippen molar-refractivity contribution >= 4 is 28.3 Å². The van der Waals surface area contributed by atoms with E-state index in [1.165, 1.54) is 19.2 Å². The van der Waals surface area contributed by atoms with Crippen molar-refractivity contribution in [3.63, 3.8) is 0 Å². The second-order valence-corrected chi connectivity index (χ2v) is 9.95. The highest BCUT2D eigenvalue weighted by atomic mass is 19.4. The van der Waals surface area contributed by atoms with E-state index in [1.807, 2.05) is 19.2 Å². The Morgan fingerprint density at radius 1 is 1.08 bits per heavy atom. The van der Waals surface area contributed by atoms with Crippen LogP contribution in [0.2, 0.25) is 0 Å². The van der Waals surface area contributed by atoms with Gasteiger partial charge < -0.3 is 15.1 Å². The van der Waals surface area contributed by atoms with Crippen LogP contribution in [0.5, 0.6) is 0 Å². The van der Waals surface area contributed by atoms with Crippen LogP contribution >= 0.6 is 0 Å². The third kappa shape index (κ3) is 5.02. The normalized spacial score (nSPS) is 18.2. The van der Waals surface area contributed by atoms with Crippen molar-refractivity contribution in [2.75, 3.05) is 32.5 Å². The van der Waals surface area contributed by atoms with Crippen molar-refractivity contribution in [3.8, 4) is 0 Å². The summed E-state index contributed by atoms with van der Waals surface area (Å²) in [5.74, 6) is -0.427. The monoisotopic (exact) mass is 497 g/mol. The summed E-state index contributed by atoms with van der Waals surface area (Å²) in [5, 5.41) is 3.33. The van der Waals surface area contributed by atoms with Crippen molar-refractivity contribution in [1.29, 1.82) is 0 Å². The van der Waals surface area contributed by atoms with Crippen molar-refractivity contribution in [1.82, 2.24) is 19.8 Å². The molecule has 5 rings (SSSR count). The molecule has 0 unspecified atom stereocenters. The Kier molecular flexibility index (Phi) is 6.59. The van der Waals surface area contributed by atoms with E-state index in [2.05, 4.69) is 20.2 Å². The molecule has 1 aromatic carbocycles. The van der Waals surface area contributed by atoms with Crippen LogP contribution in [0.15, 0.2) is 48.8 Å². The Hall–Kier alpha value is -3.20. The van der Waals surface area contributed by atoms with Gasteiger partial charge in [-0.2, -0.15) is 13.2 Å². The Bertz CT molecular complexity index is 1230. The number of nitrogens with zero attached hydrogens (tertiary/aromatic N) is 4. The SMILES string of the molecule is CN1CCC(C(=O)N(C)[C@@H](c2ccc(Nc3cnc4cccnc4c3C3CC3)cc2)C(F)(F)F)CC1. The van der Waals surface area contributed by atoms with Gasteiger partial charge in [-0.05, 0) is 81.6 Å². The van der Waals surface area contributed by atoms with E-state index in [-0.39, 0.29) is 11.5 Å². The number of halogens is 3. The number of hydrogen-bond donors (Lipinski definition) is 1. The largest absolute Gasteiger partial charge is 0.413 e. The summed E-state index contributed by atoms with van der Waals surface area (Å²) in [6, 6.07) is 7.93. The zero-order valence-corrected chi connectivity index (χ0v) is 20.4. The van der Waals surface area contributed by atoms with Gasteiger partial charge in [-0.3, -0.25) is 14.8 Å². The molecule has 3 aromatic rings. The molecule has 190 valence electrons. The summed E-state index contributed by atoms with van der Waals surface area (Å²) < 4.78 is 42.5. The molecular formula is C27H30F3N5O. The number of likely N-dealkylation sites (tertiary alicyclic amines) is 1. The van der Waals surface area contributed by atoms with Gasteiger partial charge in [0.25, 0.3) is 0 Å². The van der Waals surface area contributed by atoms with E-state index >= 15 is 0 Å². The van der Waals surface area contributed by atoms with Crippen LogP contribution in [0.3, 0.4) is 0 Å². The van der Waals surface area contributed by atoms with Crippen LogP contribution in [0, 0.1) is 5.92 Å². The first-order chi connectivity index (χ1) is 17.2. The van der Waals surface area contributed by atoms with E-state index < -0.39 is 18.1 Å². The molecule has 1 amide bonds. The van der Waals surface area contributed by atoms with Crippen LogP contribution in [-0.4, -0.2) is 59.0 Å². The quantitative estimate of drug-likeness (QED) is 0.477. The van der Waals surface area contributed by atoms with E-state index in [1.54, 1.807) is 24.5 Å². The van der Waals surface area contributed by atoms with Crippen LogP contribution in [0.4, 0.5) is 24.5 Å². The lowest BCUT2D eigenvalue weighted by Crippen LogP contribution is -2.45. The molecule has 1 saturated heterocycles. The van der Waals surface area contributed by atoms with Gasteiger partial charge in [0.05, 0.1) is 22.9 Å². The number of piperidine rings is 1. The smallest absolute Gasteiger partial charge is 0.354 e. The molecule has 3 heterocycles. The van der Waals surface area contributed by atoms with Gasteiger partial charge in [0.2, 0.25) is 5.91 Å². The molecule has 2 aliphatic rings. The fraction of sp³-hybridized carbons (Fsp3) is 0.444. The van der Waals surface area contributed by atoms with Crippen molar-refractivity contribution < 1.29 is 18.0 Å². The minimum Gasteiger partial charge on any atom is -0.354 e. The number of anilines is 2. The zero-order valence-electron chi connectivity index (χ0n) is 20.4. The third-order valence-electron chi connectivity index (χ3n) is 7.27. The van der Waals surface area contributed by atoms with Crippen molar-refractivity contribution in [2.24, 2.45) is 5.92 Å². The molecule has 0 radical (unpaired) electrons. The average Bonchev–Trinajstić information content (AvgIpc) is 3.69. The number of rotatable bonds is 6. The van der Waals surface area contributed by atoms with Gasteiger partial charge in [0.15, 0.2) is 6.04 Å². The predicted octanol–water partition coefficient (Wildman–Crippen LogP) is 5.65. The highest BCUT2D eigenvalue weighted by molar-refractivity contribution is 5.85. The van der Waals surface area contributed by atoms with Crippen molar-refractivity contribution in [3.05, 3.63) is 59.9 Å². The lowest BCUT2D eigenvalue weighted by atomic mass is 9.94. The zero-order chi connectivity index (χ0) is 25.4. The minimum absolute atomic E-state index is 0.0394. The first-order valence-corrected chi connectivity index (χ1v) is 12.3. The van der Waals surface area contributed by atoms with E-state index in [0.29, 0.717) is 37.5 Å². The van der Waals surface area contributed by atoms with E-state index in [0.717, 1.165) is 40.0 Å². The predicted molar refractivity (Wildman–Crippen MR) is 133 cm³/mol. The molecule has 36 heavy (non-hydrogen) atoms. The van der Waals surface area contributed by atoms with Gasteiger partial charge in [0, 0.05) is 30.4 Å². The summed E-state index contributed by atoms with van der Waals surface area (Å²) >= 11 is 0. The first kappa shape index (κ1) is 24.5. The van der Waals surface area contributed by atoms with E-state index in [9.17, 15) is 18.0 Å². The summed E-state index contributed by atoms with van der Waals surface area (Å²) in [6.45, 7) is 1.42. The van der Waals surface area contributed by atoms with Gasteiger partial charge in [-0.1, -0.05) is 12.1 Å². The molecule has 2 aromatic heterocycles. The standard InChI is InChI=1S/C27H30F3N5O/c1-34-14-11-19(12-15-34)26(36)35(2)25(27(28,29)30)18-7-9-20(10-8-18)33-22-16-32-21-4-3-13-31-24(21)23(22)17-5-6-17/h3-4,7-10,13,16-17,19,25,33H,5-6,11-12,14-15H2,1-2H3/t25-/m0/s1. The van der Waals surface area contributed by atoms with Gasteiger partial charge in [-0.25, -0.2) is 0 Å². The number of carbonyl (C=O) groups is 1. The molecule has 0 bridgehead atoms. The molecule has 0 spiro atoms. The number of pyridine rings is 2. The van der Waals surface area contributed by atoms with Gasteiger partial charge >= 0.3 is 6.18 Å². The number of alkyl halides is 3. The van der Waals surface area contributed by atoms with Crippen LogP contribution < -0.4 is 5.32 Å². The number of carbonyl (C=O) groups excluding carboxylic acids is 1. The highest BCUT2D eigenvalue weighted by Gasteiger charge is 2.46. The second kappa shape index (κ2) is 9.69. The molecule has 6 nitrogen and oxygen atoms in total. The van der Waals surface area contributed by atoms with Crippen LogP contribution in [-0.2, 0) is 4.79 Å². The second-order valence-electron chi connectivity index (χ2n) is 9.95. The summed E-state index contributed by atoms with van der Waals surface area (Å²) in [5.41, 5.74) is 4.29. The third-order valence-corrected chi connectivity index (χ3v) is 7.27.